The van der Waals surface area contributed by atoms with Crippen molar-refractivity contribution in [2.45, 2.75) is 25.4 Å². The van der Waals surface area contributed by atoms with Gasteiger partial charge in [0.25, 0.3) is 0 Å². The highest BCUT2D eigenvalue weighted by molar-refractivity contribution is 5.14. The van der Waals surface area contributed by atoms with Crippen molar-refractivity contribution in [3.8, 4) is 6.07 Å². The fourth-order valence-electron chi connectivity index (χ4n) is 2.19. The topological polar surface area (TPSA) is 45.0 Å². The molecule has 0 saturated carbocycles. The first kappa shape index (κ1) is 12.1. The lowest BCUT2D eigenvalue weighted by Gasteiger charge is -2.26. The number of nitrogens with one attached hydrogen (secondary N) is 1. The predicted octanol–water partition coefficient (Wildman–Crippen LogP) is 2.09. The van der Waals surface area contributed by atoms with E-state index in [0.29, 0.717) is 5.92 Å². The second kappa shape index (κ2) is 6.39. The molecule has 1 heterocycles. The van der Waals surface area contributed by atoms with E-state index >= 15 is 0 Å². The molecule has 17 heavy (non-hydrogen) atoms. The van der Waals surface area contributed by atoms with Gasteiger partial charge >= 0.3 is 0 Å². The summed E-state index contributed by atoms with van der Waals surface area (Å²) in [4.78, 5) is 0. The van der Waals surface area contributed by atoms with E-state index in [9.17, 15) is 5.26 Å². The van der Waals surface area contributed by atoms with Gasteiger partial charge in [0.1, 0.15) is 0 Å². The van der Waals surface area contributed by atoms with E-state index in [0.717, 1.165) is 32.6 Å². The maximum absolute atomic E-state index is 9.20. The molecule has 1 aliphatic rings. The summed E-state index contributed by atoms with van der Waals surface area (Å²) < 4.78 is 5.32. The Balaban J connectivity index is 1.85. The Hall–Kier alpha value is -1.37. The number of nitriles is 1. The second-order valence-corrected chi connectivity index (χ2v) is 4.42. The Labute approximate surface area is 102 Å². The summed E-state index contributed by atoms with van der Waals surface area (Å²) in [6.07, 6.45) is 1.97. The van der Waals surface area contributed by atoms with Crippen molar-refractivity contribution in [1.82, 2.24) is 5.32 Å². The highest BCUT2D eigenvalue weighted by Crippen LogP contribution is 2.18. The van der Waals surface area contributed by atoms with Gasteiger partial charge in [-0.25, -0.2) is 0 Å². The number of hydrogen-bond donors (Lipinski definition) is 1. The van der Waals surface area contributed by atoms with E-state index in [2.05, 4.69) is 23.5 Å². The molecule has 0 aliphatic carbocycles. The Morgan fingerprint density at radius 2 is 2.00 bits per heavy atom. The van der Waals surface area contributed by atoms with Gasteiger partial charge < -0.3 is 4.74 Å². The van der Waals surface area contributed by atoms with Gasteiger partial charge in [0.05, 0.1) is 12.1 Å². The van der Waals surface area contributed by atoms with Crippen molar-refractivity contribution >= 4 is 0 Å². The molecular weight excluding hydrogens is 212 g/mol. The molecule has 0 bridgehead atoms. The number of rotatable bonds is 4. The molecule has 3 nitrogen and oxygen atoms in total. The molecule has 1 aromatic carbocycles. The lowest BCUT2D eigenvalue weighted by Crippen LogP contribution is -2.37. The van der Waals surface area contributed by atoms with Crippen molar-refractivity contribution < 1.29 is 4.74 Å². The van der Waals surface area contributed by atoms with Gasteiger partial charge in [-0.05, 0) is 24.3 Å². The predicted molar refractivity (Wildman–Crippen MR) is 66.2 cm³/mol. The minimum Gasteiger partial charge on any atom is -0.381 e. The van der Waals surface area contributed by atoms with E-state index in [1.165, 1.54) is 5.56 Å². The van der Waals surface area contributed by atoms with Gasteiger partial charge in [-0.15, -0.1) is 0 Å². The van der Waals surface area contributed by atoms with Crippen LogP contribution in [0.2, 0.25) is 0 Å². The molecule has 1 atom stereocenters. The summed E-state index contributed by atoms with van der Waals surface area (Å²) in [6, 6.07) is 12.5. The van der Waals surface area contributed by atoms with Crippen molar-refractivity contribution in [3.05, 3.63) is 35.9 Å². The van der Waals surface area contributed by atoms with Gasteiger partial charge in [-0.3, -0.25) is 5.32 Å². The first-order valence-corrected chi connectivity index (χ1v) is 6.15. The molecule has 0 amide bonds. The van der Waals surface area contributed by atoms with Crippen LogP contribution in [0.25, 0.3) is 0 Å². The smallest absolute Gasteiger partial charge is 0.0985 e. The van der Waals surface area contributed by atoms with Gasteiger partial charge in [0.15, 0.2) is 0 Å². The fraction of sp³-hybridized carbons (Fsp3) is 0.500. The first-order valence-electron chi connectivity index (χ1n) is 6.15. The van der Waals surface area contributed by atoms with Crippen molar-refractivity contribution in [2.75, 3.05) is 13.2 Å². The molecule has 3 heteroatoms. The lowest BCUT2D eigenvalue weighted by molar-refractivity contribution is 0.0597. The van der Waals surface area contributed by atoms with Gasteiger partial charge in [0.2, 0.25) is 0 Å². The maximum atomic E-state index is 9.20. The number of nitrogens with zero attached hydrogens (tertiary/aromatic N) is 1. The lowest BCUT2D eigenvalue weighted by atomic mass is 9.92. The summed E-state index contributed by atoms with van der Waals surface area (Å²) in [5.74, 6) is 0.428. The van der Waals surface area contributed by atoms with Crippen LogP contribution in [0.4, 0.5) is 0 Å². The quantitative estimate of drug-likeness (QED) is 0.861. The molecule has 1 N–H and O–H groups in total. The zero-order valence-electron chi connectivity index (χ0n) is 9.93. The molecule has 0 aromatic heterocycles. The molecule has 1 fully saturated rings. The van der Waals surface area contributed by atoms with Crippen molar-refractivity contribution in [3.63, 3.8) is 0 Å². The van der Waals surface area contributed by atoms with Crippen LogP contribution in [0.15, 0.2) is 30.3 Å². The second-order valence-electron chi connectivity index (χ2n) is 4.42. The van der Waals surface area contributed by atoms with E-state index in [1.807, 2.05) is 18.2 Å². The van der Waals surface area contributed by atoms with Crippen LogP contribution in [0.3, 0.4) is 0 Å². The molecule has 90 valence electrons. The van der Waals surface area contributed by atoms with Crippen LogP contribution >= 0.6 is 0 Å². The Morgan fingerprint density at radius 3 is 2.65 bits per heavy atom. The first-order chi connectivity index (χ1) is 8.40. The van der Waals surface area contributed by atoms with E-state index in [-0.39, 0.29) is 6.04 Å². The normalized spacial score (nSPS) is 18.5. The third-order valence-electron chi connectivity index (χ3n) is 3.25. The van der Waals surface area contributed by atoms with E-state index in [1.54, 1.807) is 0 Å². The zero-order chi connectivity index (χ0) is 11.9. The van der Waals surface area contributed by atoms with E-state index in [4.69, 9.17) is 4.74 Å². The number of benzene rings is 1. The van der Waals surface area contributed by atoms with Crippen LogP contribution in [0.1, 0.15) is 18.4 Å². The zero-order valence-corrected chi connectivity index (χ0v) is 9.93. The Kier molecular flexibility index (Phi) is 4.54. The Morgan fingerprint density at radius 1 is 1.29 bits per heavy atom. The molecule has 2 rings (SSSR count). The van der Waals surface area contributed by atoms with Crippen LogP contribution in [0.5, 0.6) is 0 Å². The van der Waals surface area contributed by atoms with Crippen LogP contribution in [0, 0.1) is 17.2 Å². The molecular formula is C14H18N2O. The Bertz CT molecular complexity index is 366. The molecule has 1 aliphatic heterocycles. The van der Waals surface area contributed by atoms with Crippen molar-refractivity contribution in [1.29, 1.82) is 5.26 Å². The molecule has 1 unspecified atom stereocenters. The molecule has 0 radical (unpaired) electrons. The third kappa shape index (κ3) is 3.55. The van der Waals surface area contributed by atoms with Crippen LogP contribution < -0.4 is 5.32 Å². The maximum Gasteiger partial charge on any atom is 0.0985 e. The molecule has 1 saturated heterocycles. The van der Waals surface area contributed by atoms with Crippen LogP contribution in [-0.2, 0) is 11.3 Å². The third-order valence-corrected chi connectivity index (χ3v) is 3.25. The van der Waals surface area contributed by atoms with Gasteiger partial charge in [0, 0.05) is 19.8 Å². The molecule has 0 spiro atoms. The van der Waals surface area contributed by atoms with Crippen LogP contribution in [-0.4, -0.2) is 19.3 Å². The largest absolute Gasteiger partial charge is 0.381 e. The molecule has 1 aromatic rings. The summed E-state index contributed by atoms with van der Waals surface area (Å²) in [6.45, 7) is 2.34. The average molecular weight is 230 g/mol. The summed E-state index contributed by atoms with van der Waals surface area (Å²) in [7, 11) is 0. The number of ether oxygens (including phenoxy) is 1. The standard InChI is InChI=1S/C14H18N2O/c15-10-14(13-6-8-17-9-7-13)16-11-12-4-2-1-3-5-12/h1-5,13-14,16H,6-9,11H2. The van der Waals surface area contributed by atoms with Gasteiger partial charge in [-0.1, -0.05) is 30.3 Å². The minimum absolute atomic E-state index is 0.0564. The summed E-state index contributed by atoms with van der Waals surface area (Å²) in [5, 5.41) is 12.5. The van der Waals surface area contributed by atoms with E-state index < -0.39 is 0 Å². The highest BCUT2D eigenvalue weighted by atomic mass is 16.5. The monoisotopic (exact) mass is 230 g/mol. The van der Waals surface area contributed by atoms with Crippen molar-refractivity contribution in [2.24, 2.45) is 5.92 Å². The highest BCUT2D eigenvalue weighted by Gasteiger charge is 2.23. The van der Waals surface area contributed by atoms with Gasteiger partial charge in [-0.2, -0.15) is 5.26 Å². The summed E-state index contributed by atoms with van der Waals surface area (Å²) in [5.41, 5.74) is 1.22. The average Bonchev–Trinajstić information content (AvgIpc) is 2.42. The fourth-order valence-corrected chi connectivity index (χ4v) is 2.19. The number of hydrogen-bond acceptors (Lipinski definition) is 3. The summed E-state index contributed by atoms with van der Waals surface area (Å²) >= 11 is 0. The SMILES string of the molecule is N#CC(NCc1ccccc1)C1CCOCC1. The minimum atomic E-state index is -0.0564.